The first-order valence-electron chi connectivity index (χ1n) is 5.34. The van der Waals surface area contributed by atoms with E-state index in [-0.39, 0.29) is 17.4 Å². The van der Waals surface area contributed by atoms with Gasteiger partial charge in [-0.05, 0) is 6.42 Å². The number of imidazole rings is 1. The number of rotatable bonds is 2. The molecule has 92 valence electrons. The van der Waals surface area contributed by atoms with Crippen molar-refractivity contribution in [2.24, 2.45) is 0 Å². The predicted molar refractivity (Wildman–Crippen MR) is 56.9 cm³/mol. The number of carbonyl (C=O) groups is 2. The Morgan fingerprint density at radius 1 is 1.41 bits per heavy atom. The van der Waals surface area contributed by atoms with Gasteiger partial charge in [0.05, 0.1) is 12.8 Å². The lowest BCUT2D eigenvalue weighted by Crippen LogP contribution is -2.33. The minimum absolute atomic E-state index is 0.0595. The summed E-state index contributed by atoms with van der Waals surface area (Å²) >= 11 is 0. The third kappa shape index (κ3) is 2.62. The highest BCUT2D eigenvalue weighted by Crippen LogP contribution is 2.05. The lowest BCUT2D eigenvalue weighted by Gasteiger charge is -2.17. The number of aromatic amines is 1. The minimum Gasteiger partial charge on any atom is -0.477 e. The van der Waals surface area contributed by atoms with E-state index in [0.717, 1.165) is 12.6 Å². The summed E-state index contributed by atoms with van der Waals surface area (Å²) in [7, 11) is 0. The number of aromatic nitrogens is 2. The number of nitrogens with zero attached hydrogens (tertiary/aromatic N) is 2. The van der Waals surface area contributed by atoms with Crippen molar-refractivity contribution in [1.29, 1.82) is 0 Å². The summed E-state index contributed by atoms with van der Waals surface area (Å²) in [6, 6.07) is 0. The lowest BCUT2D eigenvalue weighted by atomic mass is 10.4. The largest absolute Gasteiger partial charge is 0.477 e. The van der Waals surface area contributed by atoms with Gasteiger partial charge in [-0.25, -0.2) is 9.78 Å². The molecule has 1 aromatic rings. The molecule has 0 unspecified atom stereocenters. The van der Waals surface area contributed by atoms with E-state index in [1.165, 1.54) is 0 Å². The molecule has 0 atom stereocenters. The summed E-state index contributed by atoms with van der Waals surface area (Å²) < 4.78 is 5.24. The first-order valence-corrected chi connectivity index (χ1v) is 5.34. The molecule has 1 fully saturated rings. The molecule has 0 saturated carbocycles. The number of carboxylic acids is 1. The number of carboxylic acid groups (broad SMARTS) is 1. The van der Waals surface area contributed by atoms with E-state index in [2.05, 4.69) is 9.97 Å². The molecule has 2 rings (SSSR count). The Morgan fingerprint density at radius 3 is 2.94 bits per heavy atom. The highest BCUT2D eigenvalue weighted by molar-refractivity contribution is 5.93. The van der Waals surface area contributed by atoms with Crippen LogP contribution in [-0.4, -0.2) is 58.2 Å². The zero-order valence-corrected chi connectivity index (χ0v) is 9.18. The molecule has 1 aliphatic rings. The van der Waals surface area contributed by atoms with E-state index in [4.69, 9.17) is 9.84 Å². The van der Waals surface area contributed by atoms with Gasteiger partial charge in [-0.15, -0.1) is 0 Å². The maximum Gasteiger partial charge on any atom is 0.353 e. The van der Waals surface area contributed by atoms with Crippen LogP contribution in [0.5, 0.6) is 0 Å². The van der Waals surface area contributed by atoms with Gasteiger partial charge in [-0.2, -0.15) is 0 Å². The number of H-pyrrole nitrogens is 1. The van der Waals surface area contributed by atoms with Crippen molar-refractivity contribution in [2.75, 3.05) is 26.3 Å². The van der Waals surface area contributed by atoms with E-state index < -0.39 is 5.97 Å². The van der Waals surface area contributed by atoms with Crippen LogP contribution in [0.25, 0.3) is 0 Å². The van der Waals surface area contributed by atoms with Crippen molar-refractivity contribution in [3.63, 3.8) is 0 Å². The van der Waals surface area contributed by atoms with Gasteiger partial charge in [0.15, 0.2) is 5.82 Å². The Labute approximate surface area is 97.4 Å². The summed E-state index contributed by atoms with van der Waals surface area (Å²) in [6.07, 6.45) is 1.92. The third-order valence-corrected chi connectivity index (χ3v) is 2.52. The third-order valence-electron chi connectivity index (χ3n) is 2.52. The smallest absolute Gasteiger partial charge is 0.353 e. The highest BCUT2D eigenvalue weighted by atomic mass is 16.5. The predicted octanol–water partition coefficient (Wildman–Crippen LogP) is -0.0296. The van der Waals surface area contributed by atoms with Crippen LogP contribution >= 0.6 is 0 Å². The molecule has 17 heavy (non-hydrogen) atoms. The van der Waals surface area contributed by atoms with Gasteiger partial charge in [-0.3, -0.25) is 4.79 Å². The first-order chi connectivity index (χ1) is 8.18. The van der Waals surface area contributed by atoms with E-state index in [1.54, 1.807) is 4.90 Å². The molecular formula is C10H13N3O4. The Kier molecular flexibility index (Phi) is 3.38. The second-order valence-electron chi connectivity index (χ2n) is 3.71. The van der Waals surface area contributed by atoms with Crippen LogP contribution in [0.3, 0.4) is 0 Å². The fraction of sp³-hybridized carbons (Fsp3) is 0.500. The van der Waals surface area contributed by atoms with Crippen LogP contribution in [0.4, 0.5) is 0 Å². The average molecular weight is 239 g/mol. The van der Waals surface area contributed by atoms with Gasteiger partial charge in [-0.1, -0.05) is 0 Å². The van der Waals surface area contributed by atoms with Gasteiger partial charge in [0.25, 0.3) is 5.91 Å². The van der Waals surface area contributed by atoms with Crippen molar-refractivity contribution >= 4 is 11.9 Å². The van der Waals surface area contributed by atoms with Crippen LogP contribution in [0, 0.1) is 0 Å². The fourth-order valence-corrected chi connectivity index (χ4v) is 1.64. The Hall–Kier alpha value is -1.89. The van der Waals surface area contributed by atoms with Crippen molar-refractivity contribution in [2.45, 2.75) is 6.42 Å². The fourth-order valence-electron chi connectivity index (χ4n) is 1.64. The number of aromatic carboxylic acids is 1. The normalized spacial score (nSPS) is 16.6. The molecule has 0 bridgehead atoms. The van der Waals surface area contributed by atoms with Gasteiger partial charge in [0.1, 0.15) is 5.69 Å². The maximum atomic E-state index is 12.0. The van der Waals surface area contributed by atoms with Crippen molar-refractivity contribution in [3.05, 3.63) is 17.7 Å². The highest BCUT2D eigenvalue weighted by Gasteiger charge is 2.21. The second-order valence-corrected chi connectivity index (χ2v) is 3.71. The van der Waals surface area contributed by atoms with Crippen LogP contribution in [0.15, 0.2) is 6.20 Å². The van der Waals surface area contributed by atoms with Gasteiger partial charge in [0.2, 0.25) is 0 Å². The number of nitrogens with one attached hydrogen (secondary N) is 1. The summed E-state index contributed by atoms with van der Waals surface area (Å²) in [4.78, 5) is 30.5. The number of carbonyl (C=O) groups excluding carboxylic acids is 1. The Morgan fingerprint density at radius 2 is 2.24 bits per heavy atom. The van der Waals surface area contributed by atoms with E-state index in [9.17, 15) is 9.59 Å². The van der Waals surface area contributed by atoms with Crippen LogP contribution < -0.4 is 0 Å². The Balaban J connectivity index is 2.09. The van der Waals surface area contributed by atoms with Gasteiger partial charge >= 0.3 is 5.97 Å². The van der Waals surface area contributed by atoms with E-state index in [1.807, 2.05) is 0 Å². The zero-order valence-electron chi connectivity index (χ0n) is 9.18. The van der Waals surface area contributed by atoms with E-state index in [0.29, 0.717) is 26.3 Å². The monoisotopic (exact) mass is 239 g/mol. The number of amides is 1. The zero-order chi connectivity index (χ0) is 12.3. The molecule has 0 radical (unpaired) electrons. The SMILES string of the molecule is O=C(O)c1cnc(C(=O)N2CCCOCC2)[nH]1. The summed E-state index contributed by atoms with van der Waals surface area (Å²) in [6.45, 7) is 2.24. The quantitative estimate of drug-likeness (QED) is 0.755. The lowest BCUT2D eigenvalue weighted by molar-refractivity contribution is 0.0691. The van der Waals surface area contributed by atoms with Crippen LogP contribution in [-0.2, 0) is 4.74 Å². The Bertz CT molecular complexity index is 421. The van der Waals surface area contributed by atoms with Crippen molar-refractivity contribution in [3.8, 4) is 0 Å². The summed E-state index contributed by atoms with van der Waals surface area (Å²) in [5, 5.41) is 8.72. The maximum absolute atomic E-state index is 12.0. The number of hydrogen-bond acceptors (Lipinski definition) is 4. The number of hydrogen-bond donors (Lipinski definition) is 2. The van der Waals surface area contributed by atoms with Crippen LogP contribution in [0.1, 0.15) is 27.5 Å². The molecule has 2 heterocycles. The molecule has 2 N–H and O–H groups in total. The molecule has 1 saturated heterocycles. The van der Waals surface area contributed by atoms with Crippen molar-refractivity contribution < 1.29 is 19.4 Å². The molecule has 0 spiro atoms. The second kappa shape index (κ2) is 4.96. The molecule has 1 aliphatic heterocycles. The minimum atomic E-state index is -1.13. The standard InChI is InChI=1S/C10H13N3O4/c14-9(13-2-1-4-17-5-3-13)8-11-6-7(12-8)10(15)16/h6H,1-5H2,(H,11,12)(H,15,16). The van der Waals surface area contributed by atoms with Crippen molar-refractivity contribution in [1.82, 2.24) is 14.9 Å². The molecule has 0 aromatic carbocycles. The summed E-state index contributed by atoms with van der Waals surface area (Å²) in [5.74, 6) is -1.36. The molecule has 1 aromatic heterocycles. The topological polar surface area (TPSA) is 95.5 Å². The van der Waals surface area contributed by atoms with Gasteiger partial charge in [0, 0.05) is 19.7 Å². The molecular weight excluding hydrogens is 226 g/mol. The molecule has 7 heteroatoms. The average Bonchev–Trinajstić information content (AvgIpc) is 2.65. The van der Waals surface area contributed by atoms with E-state index >= 15 is 0 Å². The molecule has 0 aliphatic carbocycles. The molecule has 1 amide bonds. The van der Waals surface area contributed by atoms with Gasteiger partial charge < -0.3 is 19.7 Å². The first kappa shape index (κ1) is 11.6. The van der Waals surface area contributed by atoms with Crippen LogP contribution in [0.2, 0.25) is 0 Å². The molecule has 7 nitrogen and oxygen atoms in total. The number of ether oxygens (including phenoxy) is 1. The summed E-state index contributed by atoms with van der Waals surface area (Å²) in [5.41, 5.74) is -0.0839.